The van der Waals surface area contributed by atoms with Crippen LogP contribution in [0, 0.1) is 24.7 Å². The molecule has 0 radical (unpaired) electrons. The van der Waals surface area contributed by atoms with E-state index in [1.54, 1.807) is 24.3 Å². The molecular weight excluding hydrogens is 340 g/mol. The van der Waals surface area contributed by atoms with Crippen molar-refractivity contribution in [3.05, 3.63) is 29.8 Å². The highest BCUT2D eigenvalue weighted by Crippen LogP contribution is 2.38. The van der Waals surface area contributed by atoms with Crippen molar-refractivity contribution in [3.63, 3.8) is 0 Å². The fourth-order valence-electron chi connectivity index (χ4n) is 3.75. The van der Waals surface area contributed by atoms with E-state index in [1.807, 2.05) is 6.92 Å². The zero-order chi connectivity index (χ0) is 18.6. The quantitative estimate of drug-likeness (QED) is 0.721. The first-order valence-corrected chi connectivity index (χ1v) is 10.5. The molecule has 1 saturated carbocycles. The molecule has 1 fully saturated rings. The fourth-order valence-corrected chi connectivity index (χ4v) is 5.65. The third-order valence-electron chi connectivity index (χ3n) is 5.44. The lowest BCUT2D eigenvalue weighted by molar-refractivity contribution is -0.234. The summed E-state index contributed by atoms with van der Waals surface area (Å²) in [5, 5.41) is 17.3. The van der Waals surface area contributed by atoms with Crippen molar-refractivity contribution in [2.45, 2.75) is 63.1 Å². The lowest BCUT2D eigenvalue weighted by Gasteiger charge is -2.35. The summed E-state index contributed by atoms with van der Waals surface area (Å²) in [6.07, 6.45) is 3.65. The number of rotatable bonds is 7. The smallest absolute Gasteiger partial charge is 0.266 e. The number of aryl methyl sites for hydroxylation is 1. The number of sulfone groups is 1. The average molecular weight is 371 g/mol. The van der Waals surface area contributed by atoms with E-state index in [-0.39, 0.29) is 17.4 Å². The molecule has 1 aliphatic carbocycles. The van der Waals surface area contributed by atoms with Crippen LogP contribution in [0.2, 0.25) is 0 Å². The minimum atomic E-state index is -3.60. The van der Waals surface area contributed by atoms with Gasteiger partial charge in [-0.2, -0.15) is 0 Å². The summed E-state index contributed by atoms with van der Waals surface area (Å²) in [5.41, 5.74) is 0.995. The number of benzene rings is 1. The molecule has 5 nitrogen and oxygen atoms in total. The van der Waals surface area contributed by atoms with Crippen molar-refractivity contribution in [2.75, 3.05) is 6.61 Å². The number of hydrogen-bond acceptors (Lipinski definition) is 5. The van der Waals surface area contributed by atoms with Crippen molar-refractivity contribution < 1.29 is 23.4 Å². The third-order valence-corrected chi connectivity index (χ3v) is 7.69. The Bertz CT molecular complexity index is 628. The van der Waals surface area contributed by atoms with Gasteiger partial charge in [0.15, 0.2) is 9.84 Å². The summed E-state index contributed by atoms with van der Waals surface area (Å²) in [5.74, 6) is 1.20. The van der Waals surface area contributed by atoms with Crippen molar-refractivity contribution in [2.24, 2.45) is 17.8 Å². The Balaban J connectivity index is 2.22. The molecule has 0 spiro atoms. The standard InChI is InChI=1S/C19H30O5S/c1-13(2)15-6-8-16(9-7-15)18(12-24-19(20)21)25(22,23)17-10-4-14(3)5-11-17/h4-5,10-11,13,15-16,18-21H,6-9,12H2,1-3H3. The van der Waals surface area contributed by atoms with Crippen LogP contribution in [0.5, 0.6) is 0 Å². The van der Waals surface area contributed by atoms with Gasteiger partial charge < -0.3 is 14.9 Å². The number of hydrogen-bond donors (Lipinski definition) is 2. The summed E-state index contributed by atoms with van der Waals surface area (Å²) in [4.78, 5) is 0.269. The van der Waals surface area contributed by atoms with Gasteiger partial charge in [0.2, 0.25) is 0 Å². The second-order valence-corrected chi connectivity index (χ2v) is 9.64. The molecule has 0 bridgehead atoms. The normalized spacial score (nSPS) is 23.2. The maximum atomic E-state index is 13.1. The number of ether oxygens (including phenoxy) is 1. The zero-order valence-electron chi connectivity index (χ0n) is 15.3. The van der Waals surface area contributed by atoms with Gasteiger partial charge in [-0.25, -0.2) is 8.42 Å². The van der Waals surface area contributed by atoms with Crippen LogP contribution >= 0.6 is 0 Å². The maximum absolute atomic E-state index is 13.1. The highest BCUT2D eigenvalue weighted by atomic mass is 32.2. The predicted molar refractivity (Wildman–Crippen MR) is 96.6 cm³/mol. The Morgan fingerprint density at radius 2 is 1.56 bits per heavy atom. The van der Waals surface area contributed by atoms with Gasteiger partial charge in [0.05, 0.1) is 16.8 Å². The van der Waals surface area contributed by atoms with Crippen LogP contribution in [0.25, 0.3) is 0 Å². The van der Waals surface area contributed by atoms with Crippen molar-refractivity contribution >= 4 is 9.84 Å². The second-order valence-electron chi connectivity index (χ2n) is 7.48. The minimum Gasteiger partial charge on any atom is -0.346 e. The van der Waals surface area contributed by atoms with Crippen molar-refractivity contribution in [3.8, 4) is 0 Å². The maximum Gasteiger partial charge on any atom is 0.266 e. The molecule has 0 aliphatic heterocycles. The average Bonchev–Trinajstić information content (AvgIpc) is 2.55. The van der Waals surface area contributed by atoms with E-state index in [9.17, 15) is 8.42 Å². The highest BCUT2D eigenvalue weighted by molar-refractivity contribution is 7.92. The molecule has 1 unspecified atom stereocenters. The molecule has 1 atom stereocenters. The Morgan fingerprint density at radius 1 is 1.04 bits per heavy atom. The molecule has 0 aromatic heterocycles. The summed E-state index contributed by atoms with van der Waals surface area (Å²) >= 11 is 0. The van der Waals surface area contributed by atoms with Gasteiger partial charge in [-0.05, 0) is 62.5 Å². The van der Waals surface area contributed by atoms with Crippen LogP contribution in [-0.2, 0) is 14.6 Å². The first kappa shape index (κ1) is 20.4. The minimum absolute atomic E-state index is 0.0277. The molecule has 6 heteroatoms. The molecule has 2 N–H and O–H groups in total. The molecular formula is C19H30O5S. The second kappa shape index (κ2) is 8.62. The lowest BCUT2D eigenvalue weighted by Crippen LogP contribution is -2.38. The van der Waals surface area contributed by atoms with Crippen LogP contribution in [0.4, 0.5) is 0 Å². The number of aliphatic hydroxyl groups is 2. The van der Waals surface area contributed by atoms with E-state index in [4.69, 9.17) is 14.9 Å². The third kappa shape index (κ3) is 5.26. The fraction of sp³-hybridized carbons (Fsp3) is 0.684. The monoisotopic (exact) mass is 370 g/mol. The van der Waals surface area contributed by atoms with Gasteiger partial charge in [0.25, 0.3) is 6.48 Å². The molecule has 2 rings (SSSR count). The van der Waals surface area contributed by atoms with Gasteiger partial charge in [-0.3, -0.25) is 0 Å². The van der Waals surface area contributed by atoms with Gasteiger partial charge in [-0.15, -0.1) is 0 Å². The Labute approximate surface area is 150 Å². The van der Waals surface area contributed by atoms with E-state index < -0.39 is 21.6 Å². The van der Waals surface area contributed by atoms with E-state index in [1.165, 1.54) is 0 Å². The number of aliphatic hydroxyl groups excluding tert-OH is 1. The van der Waals surface area contributed by atoms with Gasteiger partial charge in [-0.1, -0.05) is 31.5 Å². The van der Waals surface area contributed by atoms with Crippen LogP contribution < -0.4 is 0 Å². The first-order valence-electron chi connectivity index (χ1n) is 9.00. The molecule has 1 aliphatic rings. The molecule has 1 aromatic carbocycles. The summed E-state index contributed by atoms with van der Waals surface area (Å²) in [7, 11) is -3.60. The summed E-state index contributed by atoms with van der Waals surface area (Å²) in [6.45, 7) is 4.16. The molecule has 25 heavy (non-hydrogen) atoms. The van der Waals surface area contributed by atoms with Crippen LogP contribution in [0.15, 0.2) is 29.2 Å². The van der Waals surface area contributed by atoms with Gasteiger partial charge >= 0.3 is 0 Å². The Kier molecular flexibility index (Phi) is 7.02. The van der Waals surface area contributed by atoms with Crippen LogP contribution in [-0.4, -0.2) is 37.0 Å². The summed E-state index contributed by atoms with van der Waals surface area (Å²) in [6, 6.07) is 6.79. The van der Waals surface area contributed by atoms with Crippen molar-refractivity contribution in [1.82, 2.24) is 0 Å². The topological polar surface area (TPSA) is 83.8 Å². The van der Waals surface area contributed by atoms with E-state index in [2.05, 4.69) is 13.8 Å². The van der Waals surface area contributed by atoms with Crippen molar-refractivity contribution in [1.29, 1.82) is 0 Å². The van der Waals surface area contributed by atoms with Gasteiger partial charge in [0, 0.05) is 0 Å². The Morgan fingerprint density at radius 3 is 2.04 bits per heavy atom. The summed E-state index contributed by atoms with van der Waals surface area (Å²) < 4.78 is 31.2. The molecule has 1 aromatic rings. The van der Waals surface area contributed by atoms with Crippen LogP contribution in [0.1, 0.15) is 45.1 Å². The predicted octanol–water partition coefficient (Wildman–Crippen LogP) is 2.88. The molecule has 0 heterocycles. The largest absolute Gasteiger partial charge is 0.346 e. The van der Waals surface area contributed by atoms with E-state index in [0.717, 1.165) is 31.2 Å². The highest BCUT2D eigenvalue weighted by Gasteiger charge is 2.38. The molecule has 142 valence electrons. The van der Waals surface area contributed by atoms with E-state index in [0.29, 0.717) is 11.8 Å². The molecule has 0 saturated heterocycles. The Hall–Kier alpha value is -0.950. The zero-order valence-corrected chi connectivity index (χ0v) is 16.1. The van der Waals surface area contributed by atoms with E-state index >= 15 is 0 Å². The first-order chi connectivity index (χ1) is 11.7. The van der Waals surface area contributed by atoms with Crippen LogP contribution in [0.3, 0.4) is 0 Å². The van der Waals surface area contributed by atoms with Gasteiger partial charge in [0.1, 0.15) is 0 Å². The SMILES string of the molecule is Cc1ccc(S(=O)(=O)C(COC(O)O)C2CCC(C(C)C)CC2)cc1. The lowest BCUT2D eigenvalue weighted by atomic mass is 9.76. The molecule has 0 amide bonds.